The van der Waals surface area contributed by atoms with Crippen molar-refractivity contribution in [1.82, 2.24) is 4.98 Å². The normalized spacial score (nSPS) is 10.5. The van der Waals surface area contributed by atoms with Gasteiger partial charge in [0.05, 0.1) is 6.61 Å². The summed E-state index contributed by atoms with van der Waals surface area (Å²) in [5.41, 5.74) is 0. The van der Waals surface area contributed by atoms with Crippen molar-refractivity contribution in [3.8, 4) is 0 Å². The second-order valence-electron chi connectivity index (χ2n) is 2.73. The summed E-state index contributed by atoms with van der Waals surface area (Å²) in [6.45, 7) is 7.39. The van der Waals surface area contributed by atoms with E-state index in [9.17, 15) is 0 Å². The number of anilines is 1. The van der Waals surface area contributed by atoms with Gasteiger partial charge >= 0.3 is 0 Å². The first-order valence-electron chi connectivity index (χ1n) is 4.71. The number of likely N-dealkylation sites (N-methyl/N-ethyl adjacent to an activating group) is 1. The number of aromatic nitrogens is 1. The van der Waals surface area contributed by atoms with E-state index >= 15 is 0 Å². The molecule has 0 unspecified atom stereocenters. The van der Waals surface area contributed by atoms with Crippen LogP contribution >= 0.6 is 22.9 Å². The fourth-order valence-corrected chi connectivity index (χ4v) is 2.14. The molecule has 0 saturated carbocycles. The lowest BCUT2D eigenvalue weighted by Gasteiger charge is -2.19. The zero-order chi connectivity index (χ0) is 10.4. The lowest BCUT2D eigenvalue weighted by molar-refractivity contribution is 0.154. The fourth-order valence-electron chi connectivity index (χ4n) is 1.10. The van der Waals surface area contributed by atoms with Gasteiger partial charge in [-0.2, -0.15) is 0 Å². The van der Waals surface area contributed by atoms with Gasteiger partial charge in [-0.3, -0.25) is 0 Å². The smallest absolute Gasteiger partial charge is 0.186 e. The summed E-state index contributed by atoms with van der Waals surface area (Å²) in [5, 5.41) is 3.39. The van der Waals surface area contributed by atoms with Crippen LogP contribution in [0, 0.1) is 0 Å². The van der Waals surface area contributed by atoms with Gasteiger partial charge in [0.25, 0.3) is 0 Å². The average Bonchev–Trinajstić information content (AvgIpc) is 2.60. The highest BCUT2D eigenvalue weighted by Crippen LogP contribution is 2.22. The Bertz CT molecular complexity index is 267. The van der Waals surface area contributed by atoms with Gasteiger partial charge in [0, 0.05) is 25.1 Å². The molecule has 1 aromatic rings. The summed E-state index contributed by atoms with van der Waals surface area (Å²) in [4.78, 5) is 6.37. The van der Waals surface area contributed by atoms with E-state index in [1.807, 2.05) is 12.3 Å². The molecule has 14 heavy (non-hydrogen) atoms. The van der Waals surface area contributed by atoms with Crippen LogP contribution in [0.2, 0.25) is 5.15 Å². The van der Waals surface area contributed by atoms with Crippen LogP contribution in [0.5, 0.6) is 0 Å². The molecule has 0 bridgehead atoms. The van der Waals surface area contributed by atoms with Gasteiger partial charge < -0.3 is 9.64 Å². The van der Waals surface area contributed by atoms with Crippen molar-refractivity contribution in [2.45, 2.75) is 13.8 Å². The van der Waals surface area contributed by atoms with Gasteiger partial charge in [0.2, 0.25) is 0 Å². The predicted molar refractivity (Wildman–Crippen MR) is 61.5 cm³/mol. The van der Waals surface area contributed by atoms with Crippen LogP contribution in [0.3, 0.4) is 0 Å². The lowest BCUT2D eigenvalue weighted by atomic mass is 10.5. The van der Waals surface area contributed by atoms with Crippen molar-refractivity contribution in [2.75, 3.05) is 31.2 Å². The van der Waals surface area contributed by atoms with Gasteiger partial charge in [0.15, 0.2) is 5.13 Å². The van der Waals surface area contributed by atoms with Crippen LogP contribution in [0.15, 0.2) is 5.38 Å². The number of hydrogen-bond acceptors (Lipinski definition) is 4. The Labute approximate surface area is 93.7 Å². The molecular formula is C9H15ClN2OS. The second kappa shape index (κ2) is 6.22. The number of nitrogens with zero attached hydrogens (tertiary/aromatic N) is 2. The van der Waals surface area contributed by atoms with E-state index < -0.39 is 0 Å². The molecule has 80 valence electrons. The average molecular weight is 235 g/mol. The third-order valence-corrected chi connectivity index (χ3v) is 3.05. The minimum Gasteiger partial charge on any atom is -0.380 e. The molecule has 0 aromatic carbocycles. The van der Waals surface area contributed by atoms with Crippen LogP contribution in [-0.2, 0) is 4.74 Å². The maximum Gasteiger partial charge on any atom is 0.186 e. The van der Waals surface area contributed by atoms with Crippen molar-refractivity contribution < 1.29 is 4.74 Å². The van der Waals surface area contributed by atoms with Crippen molar-refractivity contribution >= 4 is 28.1 Å². The molecule has 0 spiro atoms. The minimum atomic E-state index is 0.569. The number of thiazole rings is 1. The van der Waals surface area contributed by atoms with Gasteiger partial charge in [-0.15, -0.1) is 11.3 Å². The predicted octanol–water partition coefficient (Wildman–Crippen LogP) is 2.66. The van der Waals surface area contributed by atoms with Crippen LogP contribution in [0.4, 0.5) is 5.13 Å². The molecule has 5 heteroatoms. The molecule has 0 aliphatic carbocycles. The number of rotatable bonds is 6. The summed E-state index contributed by atoms with van der Waals surface area (Å²) >= 11 is 7.33. The molecule has 0 atom stereocenters. The molecule has 0 radical (unpaired) electrons. The molecular weight excluding hydrogens is 220 g/mol. The number of halogens is 1. The lowest BCUT2D eigenvalue weighted by Crippen LogP contribution is -2.26. The van der Waals surface area contributed by atoms with Gasteiger partial charge in [-0.05, 0) is 13.8 Å². The maximum atomic E-state index is 5.76. The molecule has 0 aliphatic heterocycles. The first kappa shape index (κ1) is 11.8. The van der Waals surface area contributed by atoms with E-state index in [0.717, 1.165) is 31.4 Å². The highest BCUT2D eigenvalue weighted by Gasteiger charge is 2.07. The summed E-state index contributed by atoms with van der Waals surface area (Å²) in [5.74, 6) is 0. The van der Waals surface area contributed by atoms with E-state index in [1.165, 1.54) is 0 Å². The van der Waals surface area contributed by atoms with Crippen molar-refractivity contribution in [3.63, 3.8) is 0 Å². The van der Waals surface area contributed by atoms with Crippen LogP contribution < -0.4 is 4.90 Å². The summed E-state index contributed by atoms with van der Waals surface area (Å²) in [6.07, 6.45) is 0. The Morgan fingerprint density at radius 2 is 2.36 bits per heavy atom. The molecule has 0 saturated heterocycles. The van der Waals surface area contributed by atoms with E-state index in [1.54, 1.807) is 11.3 Å². The molecule has 1 heterocycles. The molecule has 3 nitrogen and oxygen atoms in total. The van der Waals surface area contributed by atoms with E-state index in [0.29, 0.717) is 5.15 Å². The van der Waals surface area contributed by atoms with Gasteiger partial charge in [-0.1, -0.05) is 11.6 Å². The SMILES string of the molecule is CCOCCN(CC)c1nc(Cl)cs1. The monoisotopic (exact) mass is 234 g/mol. The zero-order valence-electron chi connectivity index (χ0n) is 8.49. The van der Waals surface area contributed by atoms with Crippen LogP contribution in [0.1, 0.15) is 13.8 Å². The van der Waals surface area contributed by atoms with E-state index in [-0.39, 0.29) is 0 Å². The zero-order valence-corrected chi connectivity index (χ0v) is 10.1. The Balaban J connectivity index is 2.45. The Morgan fingerprint density at radius 1 is 1.57 bits per heavy atom. The van der Waals surface area contributed by atoms with Crippen molar-refractivity contribution in [2.24, 2.45) is 0 Å². The number of hydrogen-bond donors (Lipinski definition) is 0. The minimum absolute atomic E-state index is 0.569. The first-order chi connectivity index (χ1) is 6.77. The van der Waals surface area contributed by atoms with Crippen molar-refractivity contribution in [1.29, 1.82) is 0 Å². The topological polar surface area (TPSA) is 25.4 Å². The largest absolute Gasteiger partial charge is 0.380 e. The highest BCUT2D eigenvalue weighted by molar-refractivity contribution is 7.14. The van der Waals surface area contributed by atoms with Crippen LogP contribution in [-0.4, -0.2) is 31.3 Å². The standard InChI is InChI=1S/C9H15ClN2OS/c1-3-12(5-6-13-4-2)9-11-8(10)7-14-9/h7H,3-6H2,1-2H3. The van der Waals surface area contributed by atoms with Gasteiger partial charge in [-0.25, -0.2) is 4.98 Å². The third kappa shape index (κ3) is 3.44. The second-order valence-corrected chi connectivity index (χ2v) is 3.95. The molecule has 0 aliphatic rings. The van der Waals surface area contributed by atoms with Crippen molar-refractivity contribution in [3.05, 3.63) is 10.5 Å². The molecule has 0 fully saturated rings. The maximum absolute atomic E-state index is 5.76. The number of ether oxygens (including phenoxy) is 1. The summed E-state index contributed by atoms with van der Waals surface area (Å²) in [6, 6.07) is 0. The Morgan fingerprint density at radius 3 is 2.86 bits per heavy atom. The quantitative estimate of drug-likeness (QED) is 0.708. The van der Waals surface area contributed by atoms with E-state index in [4.69, 9.17) is 16.3 Å². The first-order valence-corrected chi connectivity index (χ1v) is 5.97. The molecule has 0 N–H and O–H groups in total. The van der Waals surface area contributed by atoms with Crippen LogP contribution in [0.25, 0.3) is 0 Å². The third-order valence-electron chi connectivity index (χ3n) is 1.83. The Hall–Kier alpha value is -0.320. The Kier molecular flexibility index (Phi) is 5.22. The fraction of sp³-hybridized carbons (Fsp3) is 0.667. The molecule has 1 rings (SSSR count). The van der Waals surface area contributed by atoms with E-state index in [2.05, 4.69) is 16.8 Å². The van der Waals surface area contributed by atoms with Gasteiger partial charge in [0.1, 0.15) is 5.15 Å². The summed E-state index contributed by atoms with van der Waals surface area (Å²) < 4.78 is 5.30. The molecule has 1 aromatic heterocycles. The summed E-state index contributed by atoms with van der Waals surface area (Å²) in [7, 11) is 0. The molecule has 0 amide bonds. The highest BCUT2D eigenvalue weighted by atomic mass is 35.5.